The third kappa shape index (κ3) is 3.97. The number of nitrogens with zero attached hydrogens (tertiary/aromatic N) is 2. The highest BCUT2D eigenvalue weighted by Gasteiger charge is 2.34. The lowest BCUT2D eigenvalue weighted by atomic mass is 9.96. The molecule has 0 bridgehead atoms. The molecule has 1 aromatic rings. The Bertz CT molecular complexity index is 779. The van der Waals surface area contributed by atoms with E-state index in [0.717, 1.165) is 0 Å². The summed E-state index contributed by atoms with van der Waals surface area (Å²) in [5.74, 6) is -0.205. The summed E-state index contributed by atoms with van der Waals surface area (Å²) in [7, 11) is -3.66. The van der Waals surface area contributed by atoms with Crippen LogP contribution in [-0.4, -0.2) is 68.7 Å². The van der Waals surface area contributed by atoms with Gasteiger partial charge in [-0.2, -0.15) is 4.31 Å². The third-order valence-corrected chi connectivity index (χ3v) is 6.90. The lowest BCUT2D eigenvalue weighted by Gasteiger charge is -2.35. The average Bonchev–Trinajstić information content (AvgIpc) is 2.68. The molecule has 142 valence electrons. The van der Waals surface area contributed by atoms with Gasteiger partial charge in [0.05, 0.1) is 18.1 Å². The zero-order valence-electron chi connectivity index (χ0n) is 14.9. The Morgan fingerprint density at radius 2 is 1.73 bits per heavy atom. The second kappa shape index (κ2) is 7.85. The lowest BCUT2D eigenvalue weighted by Crippen LogP contribution is -2.47. The summed E-state index contributed by atoms with van der Waals surface area (Å²) < 4.78 is 32.4. The van der Waals surface area contributed by atoms with Crippen LogP contribution in [0.4, 0.5) is 0 Å². The maximum Gasteiger partial charge on any atom is 0.243 e. The largest absolute Gasteiger partial charge is 0.378 e. The Labute approximate surface area is 154 Å². The maximum absolute atomic E-state index is 12.8. The van der Waals surface area contributed by atoms with Crippen LogP contribution in [-0.2, 0) is 19.6 Å². The number of benzene rings is 1. The number of ether oxygens (including phenoxy) is 1. The molecular weight excluding hydrogens is 356 g/mol. The number of rotatable bonds is 4. The monoisotopic (exact) mass is 380 g/mol. The second-order valence-corrected chi connectivity index (χ2v) is 8.64. The summed E-state index contributed by atoms with van der Waals surface area (Å²) in [6.07, 6.45) is 1.03. The molecular formula is C18H24N2O5S. The molecule has 0 aliphatic carbocycles. The number of carbonyl (C=O) groups excluding carboxylic acids is 2. The Hall–Kier alpha value is -1.77. The number of Topliss-reactive ketones (excluding diaryl/α,β-unsaturated/α-hetero) is 1. The molecule has 0 radical (unpaired) electrons. The summed E-state index contributed by atoms with van der Waals surface area (Å²) in [4.78, 5) is 26.0. The van der Waals surface area contributed by atoms with E-state index in [1.54, 1.807) is 12.1 Å². The number of carbonyl (C=O) groups is 2. The molecule has 1 amide bonds. The van der Waals surface area contributed by atoms with Gasteiger partial charge in [0.15, 0.2) is 5.78 Å². The van der Waals surface area contributed by atoms with Crippen molar-refractivity contribution in [3.05, 3.63) is 29.8 Å². The van der Waals surface area contributed by atoms with Crippen LogP contribution in [0.2, 0.25) is 0 Å². The summed E-state index contributed by atoms with van der Waals surface area (Å²) in [5, 5.41) is 0. The first-order valence-electron chi connectivity index (χ1n) is 8.87. The van der Waals surface area contributed by atoms with Gasteiger partial charge in [-0.25, -0.2) is 8.42 Å². The predicted octanol–water partition coefficient (Wildman–Crippen LogP) is 1.15. The molecule has 2 heterocycles. The smallest absolute Gasteiger partial charge is 0.243 e. The minimum Gasteiger partial charge on any atom is -0.378 e. The van der Waals surface area contributed by atoms with Gasteiger partial charge in [0.2, 0.25) is 15.9 Å². The van der Waals surface area contributed by atoms with Crippen LogP contribution < -0.4 is 0 Å². The van der Waals surface area contributed by atoms with Gasteiger partial charge in [-0.3, -0.25) is 9.59 Å². The highest BCUT2D eigenvalue weighted by Crippen LogP contribution is 2.26. The van der Waals surface area contributed by atoms with E-state index in [-0.39, 0.29) is 22.5 Å². The number of sulfonamides is 1. The molecule has 0 spiro atoms. The van der Waals surface area contributed by atoms with E-state index in [9.17, 15) is 18.0 Å². The topological polar surface area (TPSA) is 84.0 Å². The van der Waals surface area contributed by atoms with Crippen LogP contribution >= 0.6 is 0 Å². The Kier molecular flexibility index (Phi) is 5.74. The Balaban J connectivity index is 1.66. The minimum absolute atomic E-state index is 0.101. The maximum atomic E-state index is 12.8. The Morgan fingerprint density at radius 1 is 1.08 bits per heavy atom. The number of piperidine rings is 1. The van der Waals surface area contributed by atoms with Crippen molar-refractivity contribution >= 4 is 21.7 Å². The standard InChI is InChI=1S/C18H24N2O5S/c1-14(21)16-3-2-4-17(13-16)26(23,24)20-7-5-15(6-8-20)18(22)19-9-11-25-12-10-19/h2-4,13,15H,5-12H2,1H3. The SMILES string of the molecule is CC(=O)c1cccc(S(=O)(=O)N2CCC(C(=O)N3CCOCC3)CC2)c1. The van der Waals surface area contributed by atoms with Gasteiger partial charge in [-0.15, -0.1) is 0 Å². The normalized spacial score (nSPS) is 20.1. The molecule has 0 N–H and O–H groups in total. The van der Waals surface area contributed by atoms with Crippen molar-refractivity contribution in [3.8, 4) is 0 Å². The third-order valence-electron chi connectivity index (χ3n) is 5.00. The fourth-order valence-electron chi connectivity index (χ4n) is 3.41. The fourth-order valence-corrected chi connectivity index (χ4v) is 4.93. The van der Waals surface area contributed by atoms with E-state index in [1.807, 2.05) is 4.90 Å². The summed E-state index contributed by atoms with van der Waals surface area (Å²) >= 11 is 0. The van der Waals surface area contributed by atoms with Gasteiger partial charge in [-0.1, -0.05) is 12.1 Å². The molecule has 0 unspecified atom stereocenters. The van der Waals surface area contributed by atoms with E-state index in [0.29, 0.717) is 57.8 Å². The fraction of sp³-hybridized carbons (Fsp3) is 0.556. The minimum atomic E-state index is -3.66. The summed E-state index contributed by atoms with van der Waals surface area (Å²) in [6.45, 7) is 4.37. The zero-order valence-corrected chi connectivity index (χ0v) is 15.7. The number of ketones is 1. The first-order valence-corrected chi connectivity index (χ1v) is 10.3. The van der Waals surface area contributed by atoms with E-state index in [1.165, 1.54) is 23.4 Å². The molecule has 0 atom stereocenters. The molecule has 1 aromatic carbocycles. The van der Waals surface area contributed by atoms with Crippen LogP contribution in [0.3, 0.4) is 0 Å². The van der Waals surface area contributed by atoms with E-state index < -0.39 is 10.0 Å². The van der Waals surface area contributed by atoms with Crippen molar-refractivity contribution < 1.29 is 22.7 Å². The van der Waals surface area contributed by atoms with E-state index in [4.69, 9.17) is 4.74 Å². The molecule has 2 saturated heterocycles. The molecule has 2 aliphatic rings. The van der Waals surface area contributed by atoms with Crippen molar-refractivity contribution in [2.75, 3.05) is 39.4 Å². The van der Waals surface area contributed by atoms with Crippen molar-refractivity contribution in [1.29, 1.82) is 0 Å². The Morgan fingerprint density at radius 3 is 2.35 bits per heavy atom. The lowest BCUT2D eigenvalue weighted by molar-refractivity contribution is -0.140. The van der Waals surface area contributed by atoms with Gasteiger partial charge >= 0.3 is 0 Å². The van der Waals surface area contributed by atoms with E-state index >= 15 is 0 Å². The first-order chi connectivity index (χ1) is 12.4. The number of hydrogen-bond acceptors (Lipinski definition) is 5. The molecule has 26 heavy (non-hydrogen) atoms. The van der Waals surface area contributed by atoms with Gasteiger partial charge < -0.3 is 9.64 Å². The molecule has 0 aromatic heterocycles. The molecule has 3 rings (SSSR count). The molecule has 0 saturated carbocycles. The molecule has 7 nitrogen and oxygen atoms in total. The van der Waals surface area contributed by atoms with Crippen LogP contribution in [0.15, 0.2) is 29.2 Å². The highest BCUT2D eigenvalue weighted by atomic mass is 32.2. The van der Waals surface area contributed by atoms with Crippen molar-refractivity contribution in [2.45, 2.75) is 24.7 Å². The predicted molar refractivity (Wildman–Crippen MR) is 95.3 cm³/mol. The first kappa shape index (κ1) is 19.0. The van der Waals surface area contributed by atoms with Crippen LogP contribution in [0.25, 0.3) is 0 Å². The van der Waals surface area contributed by atoms with Gasteiger partial charge in [-0.05, 0) is 31.9 Å². The van der Waals surface area contributed by atoms with Gasteiger partial charge in [0.25, 0.3) is 0 Å². The molecule has 8 heteroatoms. The van der Waals surface area contributed by atoms with Crippen molar-refractivity contribution in [1.82, 2.24) is 9.21 Å². The quantitative estimate of drug-likeness (QED) is 0.732. The van der Waals surface area contributed by atoms with Crippen LogP contribution in [0.5, 0.6) is 0 Å². The van der Waals surface area contributed by atoms with Crippen LogP contribution in [0, 0.1) is 5.92 Å². The number of amides is 1. The number of morpholine rings is 1. The zero-order chi connectivity index (χ0) is 18.7. The highest BCUT2D eigenvalue weighted by molar-refractivity contribution is 7.89. The van der Waals surface area contributed by atoms with Crippen molar-refractivity contribution in [2.24, 2.45) is 5.92 Å². The molecule has 2 aliphatic heterocycles. The van der Waals surface area contributed by atoms with Crippen molar-refractivity contribution in [3.63, 3.8) is 0 Å². The number of hydrogen-bond donors (Lipinski definition) is 0. The second-order valence-electron chi connectivity index (χ2n) is 6.70. The van der Waals surface area contributed by atoms with Crippen LogP contribution in [0.1, 0.15) is 30.1 Å². The summed E-state index contributed by atoms with van der Waals surface area (Å²) in [6, 6.07) is 6.11. The van der Waals surface area contributed by atoms with Gasteiger partial charge in [0, 0.05) is 37.7 Å². The molecule has 2 fully saturated rings. The summed E-state index contributed by atoms with van der Waals surface area (Å²) in [5.41, 5.74) is 0.378. The average molecular weight is 380 g/mol. The van der Waals surface area contributed by atoms with E-state index in [2.05, 4.69) is 0 Å². The van der Waals surface area contributed by atoms with Gasteiger partial charge in [0.1, 0.15) is 0 Å².